The predicted octanol–water partition coefficient (Wildman–Crippen LogP) is 2.71. The molecule has 0 bridgehead atoms. The third kappa shape index (κ3) is 3.86. The summed E-state index contributed by atoms with van der Waals surface area (Å²) in [5.41, 5.74) is 3.62. The van der Waals surface area contributed by atoms with E-state index in [1.807, 2.05) is 29.2 Å². The van der Waals surface area contributed by atoms with Gasteiger partial charge in [0.2, 0.25) is 5.91 Å². The highest BCUT2D eigenvalue weighted by atomic mass is 16.2. The average molecular weight is 399 g/mol. The molecule has 0 saturated carbocycles. The number of nitrogens with one attached hydrogen (secondary N) is 2. The van der Waals surface area contributed by atoms with E-state index in [4.69, 9.17) is 0 Å². The van der Waals surface area contributed by atoms with Crippen molar-refractivity contribution >= 4 is 5.91 Å². The Morgan fingerprint density at radius 2 is 1.50 bits per heavy atom. The minimum Gasteiger partial charge on any atom is -0.322 e. The number of hydrogen-bond donors (Lipinski definition) is 2. The highest BCUT2D eigenvalue weighted by Crippen LogP contribution is 2.28. The first-order valence-corrected chi connectivity index (χ1v) is 10.6. The number of benzene rings is 2. The van der Waals surface area contributed by atoms with Crippen molar-refractivity contribution in [3.05, 3.63) is 102 Å². The molecule has 5 rings (SSSR count). The molecule has 2 aromatic carbocycles. The molecule has 1 aromatic heterocycles. The van der Waals surface area contributed by atoms with Crippen LogP contribution in [0.4, 0.5) is 0 Å². The van der Waals surface area contributed by atoms with E-state index in [-0.39, 0.29) is 30.2 Å². The first-order chi connectivity index (χ1) is 14.8. The summed E-state index contributed by atoms with van der Waals surface area (Å²) >= 11 is 0. The van der Waals surface area contributed by atoms with E-state index in [1.165, 1.54) is 11.1 Å². The minimum absolute atomic E-state index is 0.00972. The lowest BCUT2D eigenvalue weighted by Crippen LogP contribution is -2.61. The van der Waals surface area contributed by atoms with Crippen LogP contribution in [-0.4, -0.2) is 40.6 Å². The molecule has 2 aliphatic rings. The van der Waals surface area contributed by atoms with Crippen molar-refractivity contribution < 1.29 is 4.79 Å². The number of amides is 1. The summed E-state index contributed by atoms with van der Waals surface area (Å²) in [6, 6.07) is 25.0. The highest BCUT2D eigenvalue weighted by Gasteiger charge is 2.46. The molecule has 0 spiro atoms. The number of pyridine rings is 1. The first-order valence-electron chi connectivity index (χ1n) is 10.6. The van der Waals surface area contributed by atoms with Gasteiger partial charge in [-0.05, 0) is 41.7 Å². The fourth-order valence-corrected chi connectivity index (χ4v) is 4.67. The van der Waals surface area contributed by atoms with Gasteiger partial charge in [-0.25, -0.2) is 0 Å². The average Bonchev–Trinajstić information content (AvgIpc) is 3.11. The van der Waals surface area contributed by atoms with Crippen molar-refractivity contribution in [2.45, 2.75) is 37.1 Å². The fourth-order valence-electron chi connectivity index (χ4n) is 4.67. The van der Waals surface area contributed by atoms with Gasteiger partial charge < -0.3 is 10.2 Å². The van der Waals surface area contributed by atoms with Crippen LogP contribution in [0.25, 0.3) is 0 Å². The number of rotatable bonds is 5. The Balaban J connectivity index is 1.41. The molecule has 5 heteroatoms. The maximum absolute atomic E-state index is 13.3. The van der Waals surface area contributed by atoms with E-state index < -0.39 is 0 Å². The van der Waals surface area contributed by atoms with Gasteiger partial charge in [0.15, 0.2) is 0 Å². The highest BCUT2D eigenvalue weighted by molar-refractivity contribution is 5.85. The molecule has 3 heterocycles. The topological polar surface area (TPSA) is 57.3 Å². The summed E-state index contributed by atoms with van der Waals surface area (Å²) in [5.74, 6) is 0.192. The minimum atomic E-state index is -0.202. The SMILES string of the molecule is O=C1C(Cc2ccncc2)NC2C(Cc3ccccc3)NC(c3ccccc3)CN12. The van der Waals surface area contributed by atoms with Gasteiger partial charge in [-0.2, -0.15) is 0 Å². The second kappa shape index (κ2) is 8.38. The second-order valence-electron chi connectivity index (χ2n) is 8.14. The van der Waals surface area contributed by atoms with Gasteiger partial charge in [-0.15, -0.1) is 0 Å². The number of fused-ring (bicyclic) bond motifs is 1. The first kappa shape index (κ1) is 19.0. The zero-order chi connectivity index (χ0) is 20.3. The van der Waals surface area contributed by atoms with Crippen LogP contribution in [0.3, 0.4) is 0 Å². The van der Waals surface area contributed by atoms with Crippen molar-refractivity contribution in [3.63, 3.8) is 0 Å². The second-order valence-corrected chi connectivity index (χ2v) is 8.14. The zero-order valence-corrected chi connectivity index (χ0v) is 16.8. The number of carbonyl (C=O) groups excluding carboxylic acids is 1. The van der Waals surface area contributed by atoms with E-state index in [0.29, 0.717) is 13.0 Å². The molecule has 3 aromatic rings. The number of carbonyl (C=O) groups is 1. The Kier molecular flexibility index (Phi) is 5.30. The normalized spacial score (nSPS) is 25.9. The van der Waals surface area contributed by atoms with Gasteiger partial charge in [0.05, 0.1) is 18.2 Å². The van der Waals surface area contributed by atoms with Gasteiger partial charge in [0.25, 0.3) is 0 Å². The summed E-state index contributed by atoms with van der Waals surface area (Å²) in [7, 11) is 0. The van der Waals surface area contributed by atoms with E-state index in [1.54, 1.807) is 12.4 Å². The van der Waals surface area contributed by atoms with Crippen LogP contribution in [0.5, 0.6) is 0 Å². The molecule has 2 fully saturated rings. The van der Waals surface area contributed by atoms with Crippen LogP contribution in [0.2, 0.25) is 0 Å². The maximum Gasteiger partial charge on any atom is 0.241 e. The third-order valence-electron chi connectivity index (χ3n) is 6.15. The molecule has 2 saturated heterocycles. The maximum atomic E-state index is 13.3. The summed E-state index contributed by atoms with van der Waals surface area (Å²) in [4.78, 5) is 19.5. The molecule has 30 heavy (non-hydrogen) atoms. The molecule has 4 atom stereocenters. The van der Waals surface area contributed by atoms with Crippen LogP contribution >= 0.6 is 0 Å². The predicted molar refractivity (Wildman–Crippen MR) is 117 cm³/mol. The standard InChI is InChI=1S/C25H26N4O/c30-25-22(16-19-11-13-26-14-12-19)28-24-21(15-18-7-3-1-4-8-18)27-23(17-29(24)25)20-9-5-2-6-10-20/h1-14,21-24,27-28H,15-17H2. The van der Waals surface area contributed by atoms with Gasteiger partial charge >= 0.3 is 0 Å². The molecule has 1 amide bonds. The summed E-state index contributed by atoms with van der Waals surface area (Å²) < 4.78 is 0. The fraction of sp³-hybridized carbons (Fsp3) is 0.280. The number of nitrogens with zero attached hydrogens (tertiary/aromatic N) is 2. The lowest BCUT2D eigenvalue weighted by atomic mass is 9.96. The molecule has 0 aliphatic carbocycles. The van der Waals surface area contributed by atoms with Crippen molar-refractivity contribution in [2.75, 3.05) is 6.54 Å². The molecule has 152 valence electrons. The molecule has 0 radical (unpaired) electrons. The van der Waals surface area contributed by atoms with Crippen molar-refractivity contribution in [3.8, 4) is 0 Å². The van der Waals surface area contributed by atoms with Crippen LogP contribution in [0.15, 0.2) is 85.2 Å². The summed E-state index contributed by atoms with van der Waals surface area (Å²) in [5, 5.41) is 7.46. The molecule has 2 aliphatic heterocycles. The largest absolute Gasteiger partial charge is 0.322 e. The van der Waals surface area contributed by atoms with Gasteiger partial charge in [-0.1, -0.05) is 60.7 Å². The molecule has 4 unspecified atom stereocenters. The lowest BCUT2D eigenvalue weighted by molar-refractivity contribution is -0.131. The number of hydrogen-bond acceptors (Lipinski definition) is 4. The van der Waals surface area contributed by atoms with Gasteiger partial charge in [0, 0.05) is 25.0 Å². The lowest BCUT2D eigenvalue weighted by Gasteiger charge is -2.42. The van der Waals surface area contributed by atoms with E-state index >= 15 is 0 Å². The Bertz CT molecular complexity index is 980. The molecular weight excluding hydrogens is 372 g/mol. The van der Waals surface area contributed by atoms with Crippen molar-refractivity contribution in [1.82, 2.24) is 20.5 Å². The van der Waals surface area contributed by atoms with Crippen LogP contribution in [0, 0.1) is 0 Å². The van der Waals surface area contributed by atoms with E-state index in [2.05, 4.69) is 64.1 Å². The summed E-state index contributed by atoms with van der Waals surface area (Å²) in [6.45, 7) is 0.679. The van der Waals surface area contributed by atoms with Gasteiger partial charge in [-0.3, -0.25) is 15.1 Å². The smallest absolute Gasteiger partial charge is 0.241 e. The van der Waals surface area contributed by atoms with E-state index in [0.717, 1.165) is 12.0 Å². The van der Waals surface area contributed by atoms with E-state index in [9.17, 15) is 4.79 Å². The Morgan fingerprint density at radius 3 is 2.23 bits per heavy atom. The molecule has 5 nitrogen and oxygen atoms in total. The Morgan fingerprint density at radius 1 is 0.833 bits per heavy atom. The third-order valence-corrected chi connectivity index (χ3v) is 6.15. The summed E-state index contributed by atoms with van der Waals surface area (Å²) in [6.07, 6.45) is 5.11. The molecular formula is C25H26N4O. The van der Waals surface area contributed by atoms with Crippen LogP contribution < -0.4 is 10.6 Å². The number of piperazine rings is 1. The Hall–Kier alpha value is -3.02. The van der Waals surface area contributed by atoms with Gasteiger partial charge in [0.1, 0.15) is 0 Å². The Labute approximate surface area is 177 Å². The zero-order valence-electron chi connectivity index (χ0n) is 16.8. The van der Waals surface area contributed by atoms with Crippen molar-refractivity contribution in [2.24, 2.45) is 0 Å². The number of aromatic nitrogens is 1. The van der Waals surface area contributed by atoms with Crippen LogP contribution in [-0.2, 0) is 17.6 Å². The van der Waals surface area contributed by atoms with Crippen molar-refractivity contribution in [1.29, 1.82) is 0 Å². The van der Waals surface area contributed by atoms with Crippen LogP contribution in [0.1, 0.15) is 22.7 Å². The molecule has 2 N–H and O–H groups in total. The quantitative estimate of drug-likeness (QED) is 0.694. The monoisotopic (exact) mass is 398 g/mol.